The molecule has 0 aliphatic rings. The molecule has 7 heteroatoms. The molecule has 1 heterocycles. The molecule has 0 radical (unpaired) electrons. The lowest BCUT2D eigenvalue weighted by Crippen LogP contribution is -2.36. The van der Waals surface area contributed by atoms with Gasteiger partial charge in [-0.25, -0.2) is 4.21 Å². The quantitative estimate of drug-likeness (QED) is 0.590. The molecule has 116 valence electrons. The first kappa shape index (κ1) is 17.7. The van der Waals surface area contributed by atoms with Crippen molar-refractivity contribution in [2.75, 3.05) is 0 Å². The van der Waals surface area contributed by atoms with Gasteiger partial charge in [0.25, 0.3) is 0 Å². The van der Waals surface area contributed by atoms with Gasteiger partial charge in [-0.3, -0.25) is 8.71 Å². The first-order valence-corrected chi connectivity index (χ1v) is 12.1. The first-order valence-electron chi connectivity index (χ1n) is 6.81. The average molecular weight is 336 g/mol. The molecule has 0 bridgehead atoms. The molecule has 1 unspecified atom stereocenters. The maximum absolute atomic E-state index is 12.9. The van der Waals surface area contributed by atoms with Crippen LogP contribution in [0, 0.1) is 6.92 Å². The summed E-state index contributed by atoms with van der Waals surface area (Å²) in [6, 6.07) is 0.210. The first-order chi connectivity index (χ1) is 8.78. The van der Waals surface area contributed by atoms with Crippen molar-refractivity contribution in [1.29, 1.82) is 0 Å². The van der Waals surface area contributed by atoms with Crippen molar-refractivity contribution in [3.8, 4) is 0 Å². The zero-order chi connectivity index (χ0) is 15.9. The van der Waals surface area contributed by atoms with Crippen LogP contribution in [0.1, 0.15) is 46.2 Å². The smallest absolute Gasteiger partial charge is 0.194 e. The molecular formula is C13H26ClN3OSSi. The van der Waals surface area contributed by atoms with Gasteiger partial charge in [0.2, 0.25) is 0 Å². The second-order valence-corrected chi connectivity index (χ2v) is 15.0. The minimum atomic E-state index is -2.97. The number of hydrogen-bond donors (Lipinski definition) is 0. The van der Waals surface area contributed by atoms with Crippen molar-refractivity contribution in [1.82, 2.24) is 9.78 Å². The summed E-state index contributed by atoms with van der Waals surface area (Å²) in [6.45, 7) is 16.5. The SMILES string of the molecule is Cc1cn(C(C)C)nc1S(=O)(Cl)=N[Si](C)(C)C(C)(C)C. The van der Waals surface area contributed by atoms with Gasteiger partial charge in [0.15, 0.2) is 22.2 Å². The predicted octanol–water partition coefficient (Wildman–Crippen LogP) is 4.76. The summed E-state index contributed by atoms with van der Waals surface area (Å²) in [5, 5.41) is 4.80. The highest BCUT2D eigenvalue weighted by Crippen LogP contribution is 2.39. The van der Waals surface area contributed by atoms with Crippen LogP contribution in [0.15, 0.2) is 15.3 Å². The summed E-state index contributed by atoms with van der Waals surface area (Å²) in [7, 11) is 1.23. The molecule has 1 aromatic rings. The molecule has 1 rings (SSSR count). The van der Waals surface area contributed by atoms with Gasteiger partial charge in [-0.2, -0.15) is 5.10 Å². The molecule has 1 atom stereocenters. The Morgan fingerprint density at radius 3 is 2.25 bits per heavy atom. The predicted molar refractivity (Wildman–Crippen MR) is 89.2 cm³/mol. The summed E-state index contributed by atoms with van der Waals surface area (Å²) in [5.41, 5.74) is 0.834. The van der Waals surface area contributed by atoms with Gasteiger partial charge in [-0.05, 0) is 38.9 Å². The fourth-order valence-corrected chi connectivity index (χ4v) is 7.90. The Bertz CT molecular complexity index is 608. The van der Waals surface area contributed by atoms with E-state index in [0.29, 0.717) is 5.03 Å². The third kappa shape index (κ3) is 3.65. The van der Waals surface area contributed by atoms with Crippen LogP contribution in [0.3, 0.4) is 0 Å². The summed E-state index contributed by atoms with van der Waals surface area (Å²) in [6.07, 6.45) is 1.88. The molecule has 0 aromatic carbocycles. The van der Waals surface area contributed by atoms with E-state index in [4.69, 9.17) is 10.7 Å². The molecule has 0 fully saturated rings. The van der Waals surface area contributed by atoms with Crippen molar-refractivity contribution >= 4 is 27.9 Å². The van der Waals surface area contributed by atoms with Crippen LogP contribution < -0.4 is 0 Å². The van der Waals surface area contributed by atoms with E-state index < -0.39 is 17.2 Å². The van der Waals surface area contributed by atoms with Gasteiger partial charge in [0.05, 0.1) is 0 Å². The van der Waals surface area contributed by atoms with E-state index in [0.717, 1.165) is 5.56 Å². The van der Waals surface area contributed by atoms with E-state index in [1.54, 1.807) is 4.68 Å². The van der Waals surface area contributed by atoms with Crippen LogP contribution in [-0.2, 0) is 8.94 Å². The Kier molecular flexibility index (Phi) is 4.84. The fraction of sp³-hybridized carbons (Fsp3) is 0.769. The monoisotopic (exact) mass is 335 g/mol. The lowest BCUT2D eigenvalue weighted by atomic mass is 10.2. The van der Waals surface area contributed by atoms with Crippen molar-refractivity contribution in [2.45, 2.75) is 70.7 Å². The zero-order valence-corrected chi connectivity index (χ0v) is 16.3. The Hall–Kier alpha value is -0.333. The highest BCUT2D eigenvalue weighted by Gasteiger charge is 2.38. The Labute approximate surface area is 128 Å². The average Bonchev–Trinajstić information content (AvgIpc) is 2.57. The summed E-state index contributed by atoms with van der Waals surface area (Å²) < 4.78 is 19.2. The summed E-state index contributed by atoms with van der Waals surface area (Å²) in [4.78, 5) is 0. The second kappa shape index (κ2) is 5.46. The summed E-state index contributed by atoms with van der Waals surface area (Å²) >= 11 is 0. The van der Waals surface area contributed by atoms with Crippen molar-refractivity contribution in [3.63, 3.8) is 0 Å². The van der Waals surface area contributed by atoms with Crippen molar-refractivity contribution in [2.24, 2.45) is 4.03 Å². The molecular weight excluding hydrogens is 310 g/mol. The number of nitrogens with zero attached hydrogens (tertiary/aromatic N) is 3. The number of aromatic nitrogens is 2. The lowest BCUT2D eigenvalue weighted by Gasteiger charge is -2.32. The van der Waals surface area contributed by atoms with Crippen LogP contribution in [0.4, 0.5) is 0 Å². The standard InChI is InChI=1S/C13H26ClN3OSSi/c1-10(2)17-9-11(3)12(15-17)19(14,18)16-20(7,8)13(4,5)6/h9-10H,1-8H3. The Morgan fingerprint density at radius 2 is 1.90 bits per heavy atom. The van der Waals surface area contributed by atoms with Gasteiger partial charge >= 0.3 is 0 Å². The Morgan fingerprint density at radius 1 is 1.40 bits per heavy atom. The van der Waals surface area contributed by atoms with Crippen LogP contribution in [0.5, 0.6) is 0 Å². The zero-order valence-electron chi connectivity index (χ0n) is 13.7. The number of rotatable bonds is 3. The van der Waals surface area contributed by atoms with Crippen LogP contribution >= 0.6 is 10.7 Å². The molecule has 4 nitrogen and oxygen atoms in total. The van der Waals surface area contributed by atoms with Gasteiger partial charge in [0.1, 0.15) is 0 Å². The maximum Gasteiger partial charge on any atom is 0.194 e. The number of halogens is 1. The molecule has 0 amide bonds. The molecule has 20 heavy (non-hydrogen) atoms. The highest BCUT2D eigenvalue weighted by atomic mass is 35.7. The Balaban J connectivity index is 3.41. The third-order valence-electron chi connectivity index (χ3n) is 3.82. The number of hydrogen-bond acceptors (Lipinski definition) is 3. The third-order valence-corrected chi connectivity index (χ3v) is 12.2. The minimum absolute atomic E-state index is 0.000924. The van der Waals surface area contributed by atoms with Crippen LogP contribution in [-0.4, -0.2) is 22.2 Å². The largest absolute Gasteiger partial charge is 0.269 e. The van der Waals surface area contributed by atoms with E-state index in [1.807, 2.05) is 27.0 Å². The molecule has 1 aromatic heterocycles. The molecule has 0 N–H and O–H groups in total. The normalized spacial score (nSPS) is 16.3. The molecule has 0 aliphatic heterocycles. The topological polar surface area (TPSA) is 47.2 Å². The van der Waals surface area contributed by atoms with Crippen LogP contribution in [0.2, 0.25) is 18.1 Å². The van der Waals surface area contributed by atoms with Crippen molar-refractivity contribution in [3.05, 3.63) is 11.8 Å². The number of aryl methyl sites for hydroxylation is 1. The maximum atomic E-state index is 12.9. The van der Waals surface area contributed by atoms with Crippen molar-refractivity contribution < 1.29 is 4.21 Å². The molecule has 0 saturated heterocycles. The molecule has 0 spiro atoms. The van der Waals surface area contributed by atoms with Gasteiger partial charge < -0.3 is 0 Å². The van der Waals surface area contributed by atoms with Crippen LogP contribution in [0.25, 0.3) is 0 Å². The summed E-state index contributed by atoms with van der Waals surface area (Å²) in [5.74, 6) is 0. The molecule has 0 saturated carbocycles. The van der Waals surface area contributed by atoms with E-state index in [-0.39, 0.29) is 11.1 Å². The second-order valence-electron chi connectivity index (χ2n) is 7.05. The van der Waals surface area contributed by atoms with E-state index in [1.165, 1.54) is 0 Å². The van der Waals surface area contributed by atoms with E-state index in [2.05, 4.69) is 43.0 Å². The highest BCUT2D eigenvalue weighted by molar-refractivity contribution is 8.16. The lowest BCUT2D eigenvalue weighted by molar-refractivity contribution is 0.520. The van der Waals surface area contributed by atoms with Gasteiger partial charge in [0, 0.05) is 28.5 Å². The molecule has 0 aliphatic carbocycles. The van der Waals surface area contributed by atoms with E-state index >= 15 is 0 Å². The fourth-order valence-electron chi connectivity index (χ4n) is 1.45. The minimum Gasteiger partial charge on any atom is -0.269 e. The van der Waals surface area contributed by atoms with E-state index in [9.17, 15) is 4.21 Å². The van der Waals surface area contributed by atoms with Gasteiger partial charge in [-0.1, -0.05) is 20.8 Å². The van der Waals surface area contributed by atoms with Gasteiger partial charge in [-0.15, -0.1) is 0 Å².